The molecule has 1 heterocycles. The van der Waals surface area contributed by atoms with Gasteiger partial charge in [-0.1, -0.05) is 27.7 Å². The third-order valence-electron chi connectivity index (χ3n) is 4.84. The van der Waals surface area contributed by atoms with Gasteiger partial charge in [-0.25, -0.2) is 0 Å². The number of fused-ring (bicyclic) bond motifs is 1. The second kappa shape index (κ2) is 6.04. The number of anilines is 2. The maximum Gasteiger partial charge on any atom is 0.127 e. The first-order chi connectivity index (χ1) is 11.3. The molecule has 1 aliphatic rings. The standard InChI is InChI=1S/C21H27NO2/c1-13(2)19-14(3)18(11-17-20(19)24-12-21(17,4)5)22-15-7-9-16(23-6)10-8-15/h7-11,13,22H,12H2,1-6H3. The summed E-state index contributed by atoms with van der Waals surface area (Å²) in [6.07, 6.45) is 0. The molecular formula is C21H27NO2. The molecule has 0 aromatic heterocycles. The van der Waals surface area contributed by atoms with Crippen LogP contribution in [-0.2, 0) is 5.41 Å². The summed E-state index contributed by atoms with van der Waals surface area (Å²) in [5, 5.41) is 3.58. The summed E-state index contributed by atoms with van der Waals surface area (Å²) in [6.45, 7) is 11.9. The van der Waals surface area contributed by atoms with Crippen LogP contribution < -0.4 is 14.8 Å². The van der Waals surface area contributed by atoms with E-state index in [4.69, 9.17) is 9.47 Å². The molecule has 3 nitrogen and oxygen atoms in total. The van der Waals surface area contributed by atoms with Crippen LogP contribution in [0.15, 0.2) is 30.3 Å². The molecule has 1 aliphatic heterocycles. The quantitative estimate of drug-likeness (QED) is 0.800. The summed E-state index contributed by atoms with van der Waals surface area (Å²) in [4.78, 5) is 0. The van der Waals surface area contributed by atoms with E-state index >= 15 is 0 Å². The SMILES string of the molecule is COc1ccc(Nc2cc3c(c(C(C)C)c2C)OCC3(C)C)cc1. The summed E-state index contributed by atoms with van der Waals surface area (Å²) >= 11 is 0. The van der Waals surface area contributed by atoms with Crippen LogP contribution in [-0.4, -0.2) is 13.7 Å². The number of ether oxygens (including phenoxy) is 2. The van der Waals surface area contributed by atoms with Crippen LogP contribution in [0.3, 0.4) is 0 Å². The molecular weight excluding hydrogens is 298 g/mol. The number of rotatable bonds is 4. The fourth-order valence-corrected chi connectivity index (χ4v) is 3.42. The van der Waals surface area contributed by atoms with Gasteiger partial charge in [-0.2, -0.15) is 0 Å². The van der Waals surface area contributed by atoms with Crippen molar-refractivity contribution in [2.45, 2.75) is 46.0 Å². The molecule has 1 N–H and O–H groups in total. The van der Waals surface area contributed by atoms with Gasteiger partial charge in [0.1, 0.15) is 11.5 Å². The molecule has 24 heavy (non-hydrogen) atoms. The van der Waals surface area contributed by atoms with E-state index in [2.05, 4.69) is 46.0 Å². The minimum Gasteiger partial charge on any atom is -0.497 e. The van der Waals surface area contributed by atoms with Gasteiger partial charge in [-0.15, -0.1) is 0 Å². The monoisotopic (exact) mass is 325 g/mol. The zero-order valence-corrected chi connectivity index (χ0v) is 15.5. The predicted molar refractivity (Wildman–Crippen MR) is 100 cm³/mol. The van der Waals surface area contributed by atoms with E-state index in [0.29, 0.717) is 5.92 Å². The van der Waals surface area contributed by atoms with Crippen LogP contribution in [0.2, 0.25) is 0 Å². The van der Waals surface area contributed by atoms with E-state index in [1.165, 1.54) is 16.7 Å². The van der Waals surface area contributed by atoms with Gasteiger partial charge in [0, 0.05) is 27.9 Å². The fraction of sp³-hybridized carbons (Fsp3) is 0.429. The first-order valence-corrected chi connectivity index (χ1v) is 8.55. The molecule has 0 fully saturated rings. The number of hydrogen-bond acceptors (Lipinski definition) is 3. The van der Waals surface area contributed by atoms with Crippen LogP contribution in [0, 0.1) is 6.92 Å². The van der Waals surface area contributed by atoms with Crippen molar-refractivity contribution in [3.63, 3.8) is 0 Å². The molecule has 128 valence electrons. The summed E-state index contributed by atoms with van der Waals surface area (Å²) < 4.78 is 11.3. The number of nitrogens with one attached hydrogen (secondary N) is 1. The molecule has 2 aromatic rings. The Morgan fingerprint density at radius 3 is 2.42 bits per heavy atom. The summed E-state index contributed by atoms with van der Waals surface area (Å²) in [5.74, 6) is 2.38. The lowest BCUT2D eigenvalue weighted by Crippen LogP contribution is -2.18. The lowest BCUT2D eigenvalue weighted by atomic mass is 9.83. The fourth-order valence-electron chi connectivity index (χ4n) is 3.42. The average Bonchev–Trinajstić information content (AvgIpc) is 2.83. The van der Waals surface area contributed by atoms with Crippen molar-refractivity contribution in [3.8, 4) is 11.5 Å². The number of hydrogen-bond donors (Lipinski definition) is 1. The lowest BCUT2D eigenvalue weighted by molar-refractivity contribution is 0.288. The van der Waals surface area contributed by atoms with Crippen molar-refractivity contribution < 1.29 is 9.47 Å². The van der Waals surface area contributed by atoms with Crippen LogP contribution in [0.4, 0.5) is 11.4 Å². The Labute approximate surface area is 145 Å². The Morgan fingerprint density at radius 2 is 1.83 bits per heavy atom. The first kappa shape index (κ1) is 16.7. The van der Waals surface area contributed by atoms with Crippen LogP contribution in [0.1, 0.15) is 50.3 Å². The molecule has 0 bridgehead atoms. The van der Waals surface area contributed by atoms with Crippen molar-refractivity contribution in [2.75, 3.05) is 19.0 Å². The summed E-state index contributed by atoms with van der Waals surface area (Å²) in [7, 11) is 1.68. The first-order valence-electron chi connectivity index (χ1n) is 8.55. The molecule has 0 saturated heterocycles. The van der Waals surface area contributed by atoms with E-state index in [-0.39, 0.29) is 5.41 Å². The van der Waals surface area contributed by atoms with E-state index < -0.39 is 0 Å². The van der Waals surface area contributed by atoms with Crippen molar-refractivity contribution in [1.29, 1.82) is 0 Å². The molecule has 0 atom stereocenters. The lowest BCUT2D eigenvalue weighted by Gasteiger charge is -2.22. The highest BCUT2D eigenvalue weighted by Crippen LogP contribution is 2.47. The minimum absolute atomic E-state index is 0.0447. The smallest absolute Gasteiger partial charge is 0.127 e. The molecule has 0 amide bonds. The average molecular weight is 325 g/mol. The Balaban J connectivity index is 2.06. The van der Waals surface area contributed by atoms with Gasteiger partial charge in [-0.05, 0) is 48.7 Å². The van der Waals surface area contributed by atoms with Crippen LogP contribution in [0.5, 0.6) is 11.5 Å². The van der Waals surface area contributed by atoms with Crippen molar-refractivity contribution in [3.05, 3.63) is 47.0 Å². The molecule has 0 radical (unpaired) electrons. The van der Waals surface area contributed by atoms with E-state index in [1.807, 2.05) is 24.3 Å². The van der Waals surface area contributed by atoms with E-state index in [1.54, 1.807) is 7.11 Å². The predicted octanol–water partition coefficient (Wildman–Crippen LogP) is 5.54. The molecule has 0 saturated carbocycles. The normalized spacial score (nSPS) is 15.1. The van der Waals surface area contributed by atoms with E-state index in [0.717, 1.165) is 29.5 Å². The van der Waals surface area contributed by atoms with Gasteiger partial charge in [0.25, 0.3) is 0 Å². The third-order valence-corrected chi connectivity index (χ3v) is 4.84. The molecule has 0 aliphatic carbocycles. The number of benzene rings is 2. The highest BCUT2D eigenvalue weighted by Gasteiger charge is 2.35. The Bertz CT molecular complexity index is 745. The van der Waals surface area contributed by atoms with Crippen LogP contribution in [0.25, 0.3) is 0 Å². The zero-order chi connectivity index (χ0) is 17.5. The topological polar surface area (TPSA) is 30.5 Å². The molecule has 3 heteroatoms. The highest BCUT2D eigenvalue weighted by atomic mass is 16.5. The maximum absolute atomic E-state index is 6.08. The second-order valence-electron chi connectivity index (χ2n) is 7.52. The van der Waals surface area contributed by atoms with Gasteiger partial charge in [0.05, 0.1) is 13.7 Å². The van der Waals surface area contributed by atoms with Crippen molar-refractivity contribution >= 4 is 11.4 Å². The summed E-state index contributed by atoms with van der Waals surface area (Å²) in [6, 6.07) is 10.3. The Kier molecular flexibility index (Phi) is 4.20. The van der Waals surface area contributed by atoms with Gasteiger partial charge in [-0.3, -0.25) is 0 Å². The Morgan fingerprint density at radius 1 is 1.17 bits per heavy atom. The molecule has 0 unspecified atom stereocenters. The zero-order valence-electron chi connectivity index (χ0n) is 15.5. The molecule has 3 rings (SSSR count). The van der Waals surface area contributed by atoms with Gasteiger partial charge >= 0.3 is 0 Å². The second-order valence-corrected chi connectivity index (χ2v) is 7.52. The Hall–Kier alpha value is -2.16. The summed E-state index contributed by atoms with van der Waals surface area (Å²) in [5.41, 5.74) is 6.13. The maximum atomic E-state index is 6.08. The van der Waals surface area contributed by atoms with Crippen LogP contribution >= 0.6 is 0 Å². The van der Waals surface area contributed by atoms with E-state index in [9.17, 15) is 0 Å². The van der Waals surface area contributed by atoms with Crippen molar-refractivity contribution in [1.82, 2.24) is 0 Å². The van der Waals surface area contributed by atoms with Gasteiger partial charge < -0.3 is 14.8 Å². The number of methoxy groups -OCH3 is 1. The third kappa shape index (κ3) is 2.83. The highest BCUT2D eigenvalue weighted by molar-refractivity contribution is 5.71. The largest absolute Gasteiger partial charge is 0.497 e. The molecule has 2 aromatic carbocycles. The van der Waals surface area contributed by atoms with Gasteiger partial charge in [0.2, 0.25) is 0 Å². The van der Waals surface area contributed by atoms with Crippen molar-refractivity contribution in [2.24, 2.45) is 0 Å². The minimum atomic E-state index is 0.0447. The van der Waals surface area contributed by atoms with Gasteiger partial charge in [0.15, 0.2) is 0 Å². The molecule has 0 spiro atoms.